The van der Waals surface area contributed by atoms with Crippen molar-refractivity contribution in [2.45, 2.75) is 26.7 Å². The average molecular weight is 292 g/mol. The Kier molecular flexibility index (Phi) is 4.87. The molecule has 0 atom stereocenters. The second kappa shape index (κ2) is 6.63. The number of thiophene rings is 2. The van der Waals surface area contributed by atoms with E-state index in [0.717, 1.165) is 17.7 Å². The van der Waals surface area contributed by atoms with Gasteiger partial charge in [-0.3, -0.25) is 4.79 Å². The number of hydrogen-bond donors (Lipinski definition) is 1. The van der Waals surface area contributed by atoms with Gasteiger partial charge in [0, 0.05) is 15.1 Å². The highest BCUT2D eigenvalue weighted by molar-refractivity contribution is 7.12. The number of aryl methyl sites for hydroxylation is 2. The largest absolute Gasteiger partial charge is 0.272 e. The molecule has 100 valence electrons. The Morgan fingerprint density at radius 1 is 1.47 bits per heavy atom. The third-order valence-corrected chi connectivity index (χ3v) is 4.61. The number of carbonyl (C=O) groups is 1. The van der Waals surface area contributed by atoms with Gasteiger partial charge in [0.25, 0.3) is 5.91 Å². The summed E-state index contributed by atoms with van der Waals surface area (Å²) in [5, 5.41) is 7.89. The molecule has 0 aliphatic carbocycles. The highest BCUT2D eigenvalue weighted by Gasteiger charge is 2.07. The highest BCUT2D eigenvalue weighted by Crippen LogP contribution is 2.16. The second-order valence-corrected chi connectivity index (χ2v) is 6.16. The maximum absolute atomic E-state index is 11.9. The van der Waals surface area contributed by atoms with Crippen LogP contribution < -0.4 is 5.43 Å². The molecule has 0 saturated carbocycles. The SMILES string of the molecule is CCCc1cc(C(=O)N/N=C\c2sccc2C)cs1. The maximum Gasteiger partial charge on any atom is 0.272 e. The van der Waals surface area contributed by atoms with Gasteiger partial charge in [0.15, 0.2) is 0 Å². The van der Waals surface area contributed by atoms with Crippen LogP contribution in [0.1, 0.15) is 39.0 Å². The van der Waals surface area contributed by atoms with Gasteiger partial charge in [-0.1, -0.05) is 13.3 Å². The van der Waals surface area contributed by atoms with Crippen molar-refractivity contribution in [1.82, 2.24) is 5.43 Å². The monoisotopic (exact) mass is 292 g/mol. The number of hydrazone groups is 1. The fourth-order valence-corrected chi connectivity index (χ4v) is 3.36. The lowest BCUT2D eigenvalue weighted by molar-refractivity contribution is 0.0955. The Morgan fingerprint density at radius 3 is 3.00 bits per heavy atom. The van der Waals surface area contributed by atoms with Crippen LogP contribution >= 0.6 is 22.7 Å². The summed E-state index contributed by atoms with van der Waals surface area (Å²) in [6.07, 6.45) is 3.81. The first kappa shape index (κ1) is 14.0. The molecule has 2 heterocycles. The molecule has 0 unspecified atom stereocenters. The van der Waals surface area contributed by atoms with Crippen LogP contribution in [0.2, 0.25) is 0 Å². The summed E-state index contributed by atoms with van der Waals surface area (Å²) in [5.74, 6) is -0.149. The molecule has 0 radical (unpaired) electrons. The summed E-state index contributed by atoms with van der Waals surface area (Å²) in [6.45, 7) is 4.16. The fraction of sp³-hybridized carbons (Fsp3) is 0.286. The van der Waals surface area contributed by atoms with Crippen molar-refractivity contribution < 1.29 is 4.79 Å². The number of amides is 1. The van der Waals surface area contributed by atoms with Crippen LogP contribution in [0.3, 0.4) is 0 Å². The van der Waals surface area contributed by atoms with E-state index in [1.807, 2.05) is 29.8 Å². The molecule has 0 saturated heterocycles. The Hall–Kier alpha value is -1.46. The van der Waals surface area contributed by atoms with Crippen molar-refractivity contribution in [2.24, 2.45) is 5.10 Å². The number of nitrogens with zero attached hydrogens (tertiary/aromatic N) is 1. The van der Waals surface area contributed by atoms with E-state index in [0.29, 0.717) is 5.56 Å². The van der Waals surface area contributed by atoms with Crippen molar-refractivity contribution in [3.05, 3.63) is 43.8 Å². The van der Waals surface area contributed by atoms with Crippen LogP contribution in [0.15, 0.2) is 28.0 Å². The number of hydrogen-bond acceptors (Lipinski definition) is 4. The summed E-state index contributed by atoms with van der Waals surface area (Å²) in [5.41, 5.74) is 4.42. The maximum atomic E-state index is 11.9. The molecule has 2 rings (SSSR count). The molecule has 1 N–H and O–H groups in total. The molecule has 3 nitrogen and oxygen atoms in total. The first-order chi connectivity index (χ1) is 9.20. The highest BCUT2D eigenvalue weighted by atomic mass is 32.1. The second-order valence-electron chi connectivity index (χ2n) is 4.22. The van der Waals surface area contributed by atoms with Crippen molar-refractivity contribution in [1.29, 1.82) is 0 Å². The molecule has 0 spiro atoms. The predicted octanol–water partition coefficient (Wildman–Crippen LogP) is 3.83. The third-order valence-electron chi connectivity index (χ3n) is 2.66. The first-order valence-corrected chi connectivity index (χ1v) is 7.91. The molecule has 0 aromatic carbocycles. The predicted molar refractivity (Wildman–Crippen MR) is 82.4 cm³/mol. The molecule has 0 aliphatic rings. The topological polar surface area (TPSA) is 41.5 Å². The Bertz CT molecular complexity index is 584. The van der Waals surface area contributed by atoms with Crippen LogP contribution in [0, 0.1) is 6.92 Å². The summed E-state index contributed by atoms with van der Waals surface area (Å²) in [4.78, 5) is 14.2. The van der Waals surface area contributed by atoms with Crippen LogP contribution in [0.25, 0.3) is 0 Å². The molecule has 2 aromatic heterocycles. The van der Waals surface area contributed by atoms with Crippen LogP contribution in [0.5, 0.6) is 0 Å². The van der Waals surface area contributed by atoms with Gasteiger partial charge in [-0.2, -0.15) is 5.10 Å². The smallest absolute Gasteiger partial charge is 0.267 e. The lowest BCUT2D eigenvalue weighted by Gasteiger charge is -1.95. The van der Waals surface area contributed by atoms with Gasteiger partial charge in [0.1, 0.15) is 0 Å². The minimum Gasteiger partial charge on any atom is -0.267 e. The fourth-order valence-electron chi connectivity index (χ4n) is 1.61. The first-order valence-electron chi connectivity index (χ1n) is 6.15. The lowest BCUT2D eigenvalue weighted by Crippen LogP contribution is -2.16. The molecule has 19 heavy (non-hydrogen) atoms. The van der Waals surface area contributed by atoms with Crippen molar-refractivity contribution >= 4 is 34.8 Å². The van der Waals surface area contributed by atoms with Gasteiger partial charge in [-0.05, 0) is 36.4 Å². The summed E-state index contributed by atoms with van der Waals surface area (Å²) in [6, 6.07) is 3.97. The minimum atomic E-state index is -0.149. The van der Waals surface area contributed by atoms with Gasteiger partial charge >= 0.3 is 0 Å². The zero-order valence-electron chi connectivity index (χ0n) is 11.0. The molecule has 0 bridgehead atoms. The average Bonchev–Trinajstić information content (AvgIpc) is 3.00. The van der Waals surface area contributed by atoms with Crippen LogP contribution in [-0.4, -0.2) is 12.1 Å². The van der Waals surface area contributed by atoms with Crippen molar-refractivity contribution in [3.63, 3.8) is 0 Å². The van der Waals surface area contributed by atoms with E-state index in [2.05, 4.69) is 17.5 Å². The zero-order chi connectivity index (χ0) is 13.7. The molecular formula is C14H16N2OS2. The van der Waals surface area contributed by atoms with Crippen molar-refractivity contribution in [3.8, 4) is 0 Å². The van der Waals surface area contributed by atoms with E-state index in [4.69, 9.17) is 0 Å². The summed E-state index contributed by atoms with van der Waals surface area (Å²) < 4.78 is 0. The van der Waals surface area contributed by atoms with Gasteiger partial charge in [0.05, 0.1) is 11.8 Å². The quantitative estimate of drug-likeness (QED) is 0.660. The van der Waals surface area contributed by atoms with E-state index in [9.17, 15) is 4.79 Å². The van der Waals surface area contributed by atoms with E-state index in [1.165, 1.54) is 10.4 Å². The summed E-state index contributed by atoms with van der Waals surface area (Å²) in [7, 11) is 0. The molecule has 0 fully saturated rings. The number of carbonyl (C=O) groups excluding carboxylic acids is 1. The summed E-state index contributed by atoms with van der Waals surface area (Å²) >= 11 is 3.23. The minimum absolute atomic E-state index is 0.149. The molecule has 2 aromatic rings. The normalized spacial score (nSPS) is 11.1. The van der Waals surface area contributed by atoms with E-state index in [-0.39, 0.29) is 5.91 Å². The van der Waals surface area contributed by atoms with Gasteiger partial charge in [0.2, 0.25) is 0 Å². The van der Waals surface area contributed by atoms with E-state index in [1.54, 1.807) is 28.9 Å². The van der Waals surface area contributed by atoms with E-state index >= 15 is 0 Å². The Balaban J connectivity index is 1.93. The molecular weight excluding hydrogens is 276 g/mol. The third kappa shape index (κ3) is 3.75. The van der Waals surface area contributed by atoms with Gasteiger partial charge in [-0.25, -0.2) is 5.43 Å². The van der Waals surface area contributed by atoms with Crippen LogP contribution in [-0.2, 0) is 6.42 Å². The lowest BCUT2D eigenvalue weighted by atomic mass is 10.2. The zero-order valence-corrected chi connectivity index (χ0v) is 12.6. The standard InChI is InChI=1S/C14H16N2OS2/c1-3-4-12-7-11(9-19-12)14(17)16-15-8-13-10(2)5-6-18-13/h5-9H,3-4H2,1-2H3,(H,16,17)/b15-8-. The van der Waals surface area contributed by atoms with Crippen molar-refractivity contribution in [2.75, 3.05) is 0 Å². The number of rotatable bonds is 5. The Labute approximate surface area is 121 Å². The Morgan fingerprint density at radius 2 is 2.32 bits per heavy atom. The number of nitrogens with one attached hydrogen (secondary N) is 1. The van der Waals surface area contributed by atoms with Gasteiger partial charge < -0.3 is 0 Å². The van der Waals surface area contributed by atoms with E-state index < -0.39 is 0 Å². The van der Waals surface area contributed by atoms with Gasteiger partial charge in [-0.15, -0.1) is 22.7 Å². The van der Waals surface area contributed by atoms with Crippen LogP contribution in [0.4, 0.5) is 0 Å². The molecule has 0 aliphatic heterocycles. The molecule has 5 heteroatoms. The molecule has 1 amide bonds.